The minimum atomic E-state index is -0.585. The summed E-state index contributed by atoms with van der Waals surface area (Å²) in [5.74, 6) is 0. The van der Waals surface area contributed by atoms with Crippen LogP contribution >= 0.6 is 0 Å². The average Bonchev–Trinajstić information content (AvgIpc) is 2.70. The fraction of sp³-hybridized carbons (Fsp3) is 0.385. The maximum absolute atomic E-state index is 9.92. The van der Waals surface area contributed by atoms with E-state index in [2.05, 4.69) is 10.1 Å². The van der Waals surface area contributed by atoms with Crippen LogP contribution in [0, 0.1) is 6.92 Å². The van der Waals surface area contributed by atoms with Gasteiger partial charge in [0.05, 0.1) is 19.4 Å². The lowest BCUT2D eigenvalue weighted by Crippen LogP contribution is -2.17. The second-order valence-corrected chi connectivity index (χ2v) is 4.55. The smallest absolute Gasteiger partial charge is 0.104 e. The molecule has 0 saturated heterocycles. The summed E-state index contributed by atoms with van der Waals surface area (Å²) in [6.07, 6.45) is 4.77. The third-order valence-corrected chi connectivity index (χ3v) is 3.50. The molecular weight excluding hydrogens is 230 g/mol. The normalized spacial score (nSPS) is 18.7. The molecule has 2 aromatic heterocycles. The van der Waals surface area contributed by atoms with Crippen LogP contribution in [0.1, 0.15) is 22.9 Å². The Bertz CT molecular complexity index is 592. The van der Waals surface area contributed by atoms with Crippen LogP contribution in [0.25, 0.3) is 11.1 Å². The van der Waals surface area contributed by atoms with E-state index in [1.54, 1.807) is 6.20 Å². The maximum Gasteiger partial charge on any atom is 0.104 e. The topological polar surface area (TPSA) is 60.2 Å². The van der Waals surface area contributed by atoms with Crippen LogP contribution in [0.15, 0.2) is 18.6 Å². The molecule has 5 heteroatoms. The molecule has 1 unspecified atom stereocenters. The van der Waals surface area contributed by atoms with Gasteiger partial charge < -0.3 is 9.84 Å². The number of nitrogens with zero attached hydrogens (tertiary/aromatic N) is 3. The molecule has 18 heavy (non-hydrogen) atoms. The van der Waals surface area contributed by atoms with Gasteiger partial charge >= 0.3 is 0 Å². The molecule has 0 aromatic carbocycles. The molecule has 0 spiro atoms. The van der Waals surface area contributed by atoms with Crippen molar-refractivity contribution in [1.29, 1.82) is 0 Å². The number of aromatic nitrogens is 3. The summed E-state index contributed by atoms with van der Waals surface area (Å²) < 4.78 is 7.24. The Morgan fingerprint density at radius 1 is 1.33 bits per heavy atom. The van der Waals surface area contributed by atoms with Crippen LogP contribution in [0.5, 0.6) is 0 Å². The Hall–Kier alpha value is -1.72. The lowest BCUT2D eigenvalue weighted by atomic mass is 9.95. The molecule has 2 aromatic rings. The van der Waals surface area contributed by atoms with Gasteiger partial charge in [0.2, 0.25) is 0 Å². The number of aliphatic hydroxyl groups excluding tert-OH is 1. The van der Waals surface area contributed by atoms with Gasteiger partial charge in [-0.15, -0.1) is 0 Å². The molecule has 0 saturated carbocycles. The van der Waals surface area contributed by atoms with Crippen molar-refractivity contribution in [3.05, 3.63) is 35.4 Å². The van der Waals surface area contributed by atoms with Gasteiger partial charge in [0.15, 0.2) is 0 Å². The lowest BCUT2D eigenvalue weighted by Gasteiger charge is -2.23. The van der Waals surface area contributed by atoms with Crippen molar-refractivity contribution in [1.82, 2.24) is 14.8 Å². The SMILES string of the molecule is Cc1c(-c2cncc3c2COCC3O)cnn1C. The van der Waals surface area contributed by atoms with Crippen LogP contribution in [0.3, 0.4) is 0 Å². The summed E-state index contributed by atoms with van der Waals surface area (Å²) in [7, 11) is 1.91. The van der Waals surface area contributed by atoms with Crippen molar-refractivity contribution >= 4 is 0 Å². The maximum atomic E-state index is 9.92. The van der Waals surface area contributed by atoms with E-state index in [0.717, 1.165) is 27.9 Å². The summed E-state index contributed by atoms with van der Waals surface area (Å²) in [6, 6.07) is 0. The van der Waals surface area contributed by atoms with E-state index >= 15 is 0 Å². The van der Waals surface area contributed by atoms with E-state index in [0.29, 0.717) is 13.2 Å². The zero-order valence-electron chi connectivity index (χ0n) is 10.4. The molecule has 3 rings (SSSR count). The van der Waals surface area contributed by atoms with Crippen molar-refractivity contribution in [3.63, 3.8) is 0 Å². The van der Waals surface area contributed by atoms with Crippen LogP contribution in [-0.4, -0.2) is 26.5 Å². The highest BCUT2D eigenvalue weighted by atomic mass is 16.5. The van der Waals surface area contributed by atoms with Crippen LogP contribution in [0.2, 0.25) is 0 Å². The zero-order valence-corrected chi connectivity index (χ0v) is 10.4. The Kier molecular flexibility index (Phi) is 2.65. The van der Waals surface area contributed by atoms with Crippen molar-refractivity contribution in [3.8, 4) is 11.1 Å². The fourth-order valence-electron chi connectivity index (χ4n) is 2.31. The molecule has 1 aliphatic heterocycles. The summed E-state index contributed by atoms with van der Waals surface area (Å²) in [6.45, 7) is 2.87. The third kappa shape index (κ3) is 1.63. The first-order valence-corrected chi connectivity index (χ1v) is 5.90. The van der Waals surface area contributed by atoms with Gasteiger partial charge in [-0.05, 0) is 12.5 Å². The van der Waals surface area contributed by atoms with Gasteiger partial charge in [-0.25, -0.2) is 0 Å². The molecule has 1 N–H and O–H groups in total. The summed E-state index contributed by atoms with van der Waals surface area (Å²) in [4.78, 5) is 4.22. The molecule has 3 heterocycles. The fourth-order valence-corrected chi connectivity index (χ4v) is 2.31. The highest BCUT2D eigenvalue weighted by Crippen LogP contribution is 2.33. The van der Waals surface area contributed by atoms with Gasteiger partial charge in [0.1, 0.15) is 6.10 Å². The van der Waals surface area contributed by atoms with Crippen LogP contribution < -0.4 is 0 Å². The van der Waals surface area contributed by atoms with Gasteiger partial charge in [0.25, 0.3) is 0 Å². The number of aryl methyl sites for hydroxylation is 1. The van der Waals surface area contributed by atoms with Crippen molar-refractivity contribution < 1.29 is 9.84 Å². The molecule has 94 valence electrons. The molecular formula is C13H15N3O2. The first kappa shape index (κ1) is 11.4. The number of fused-ring (bicyclic) bond motifs is 1. The lowest BCUT2D eigenvalue weighted by molar-refractivity contribution is 0.00981. The van der Waals surface area contributed by atoms with E-state index in [9.17, 15) is 5.11 Å². The van der Waals surface area contributed by atoms with Crippen molar-refractivity contribution in [2.75, 3.05) is 6.61 Å². The van der Waals surface area contributed by atoms with E-state index in [-0.39, 0.29) is 0 Å². The summed E-state index contributed by atoms with van der Waals surface area (Å²) in [5.41, 5.74) is 4.99. The summed E-state index contributed by atoms with van der Waals surface area (Å²) >= 11 is 0. The monoisotopic (exact) mass is 245 g/mol. The Morgan fingerprint density at radius 3 is 2.89 bits per heavy atom. The summed E-state index contributed by atoms with van der Waals surface area (Å²) in [5, 5.41) is 14.2. The minimum Gasteiger partial charge on any atom is -0.386 e. The molecule has 1 atom stereocenters. The molecule has 0 aliphatic carbocycles. The predicted octanol–water partition coefficient (Wildman–Crippen LogP) is 1.35. The van der Waals surface area contributed by atoms with E-state index in [4.69, 9.17) is 4.74 Å². The Morgan fingerprint density at radius 2 is 2.17 bits per heavy atom. The second-order valence-electron chi connectivity index (χ2n) is 4.55. The number of hydrogen-bond acceptors (Lipinski definition) is 4. The predicted molar refractivity (Wildman–Crippen MR) is 65.8 cm³/mol. The molecule has 5 nitrogen and oxygen atoms in total. The quantitative estimate of drug-likeness (QED) is 0.824. The first-order chi connectivity index (χ1) is 8.68. The van der Waals surface area contributed by atoms with Gasteiger partial charge in [-0.1, -0.05) is 0 Å². The largest absolute Gasteiger partial charge is 0.386 e. The average molecular weight is 245 g/mol. The zero-order chi connectivity index (χ0) is 12.7. The number of ether oxygens (including phenoxy) is 1. The number of rotatable bonds is 1. The van der Waals surface area contributed by atoms with Gasteiger partial charge in [0, 0.05) is 41.8 Å². The first-order valence-electron chi connectivity index (χ1n) is 5.90. The standard InChI is InChI=1S/C13H15N3O2/c1-8-9(5-15-16(8)2)10-3-14-4-11-12(10)6-18-7-13(11)17/h3-5,13,17H,6-7H2,1-2H3. The second kappa shape index (κ2) is 4.19. The molecule has 0 fully saturated rings. The molecule has 0 radical (unpaired) electrons. The van der Waals surface area contributed by atoms with Gasteiger partial charge in [-0.2, -0.15) is 5.10 Å². The third-order valence-electron chi connectivity index (χ3n) is 3.50. The number of aliphatic hydroxyl groups is 1. The Labute approximate surface area is 105 Å². The van der Waals surface area contributed by atoms with Gasteiger partial charge in [-0.3, -0.25) is 9.67 Å². The van der Waals surface area contributed by atoms with Crippen LogP contribution in [0.4, 0.5) is 0 Å². The number of pyridine rings is 1. The van der Waals surface area contributed by atoms with E-state index in [1.165, 1.54) is 0 Å². The van der Waals surface area contributed by atoms with Crippen molar-refractivity contribution in [2.24, 2.45) is 7.05 Å². The highest BCUT2D eigenvalue weighted by molar-refractivity contribution is 5.69. The molecule has 1 aliphatic rings. The Balaban J connectivity index is 2.19. The van der Waals surface area contributed by atoms with E-state index in [1.807, 2.05) is 31.0 Å². The van der Waals surface area contributed by atoms with Crippen molar-refractivity contribution in [2.45, 2.75) is 19.6 Å². The highest BCUT2D eigenvalue weighted by Gasteiger charge is 2.23. The number of hydrogen-bond donors (Lipinski definition) is 1. The van der Waals surface area contributed by atoms with E-state index < -0.39 is 6.10 Å². The van der Waals surface area contributed by atoms with Crippen LogP contribution in [-0.2, 0) is 18.4 Å². The minimum absolute atomic E-state index is 0.337. The molecule has 0 bridgehead atoms. The molecule has 0 amide bonds.